The molecule has 0 radical (unpaired) electrons. The molecular formula is C12H16BrFO. The molecule has 0 heterocycles. The third-order valence-corrected chi connectivity index (χ3v) is 2.85. The predicted octanol–water partition coefficient (Wildman–Crippen LogP) is 4.15. The van der Waals surface area contributed by atoms with Gasteiger partial charge in [-0.3, -0.25) is 0 Å². The quantitative estimate of drug-likeness (QED) is 0.733. The van der Waals surface area contributed by atoms with Crippen LogP contribution in [0.2, 0.25) is 0 Å². The van der Waals surface area contributed by atoms with Gasteiger partial charge in [-0.2, -0.15) is 0 Å². The van der Waals surface area contributed by atoms with Crippen LogP contribution in [0, 0.1) is 11.7 Å². The van der Waals surface area contributed by atoms with Gasteiger partial charge in [0.15, 0.2) is 0 Å². The Morgan fingerprint density at radius 1 is 1.40 bits per heavy atom. The first-order valence-electron chi connectivity index (χ1n) is 5.11. The summed E-state index contributed by atoms with van der Waals surface area (Å²) in [5.74, 6) is 0.425. The van der Waals surface area contributed by atoms with Crippen molar-refractivity contribution in [2.75, 3.05) is 6.61 Å². The second-order valence-corrected chi connectivity index (χ2v) is 4.83. The standard InChI is InChI=1S/C12H16BrFO/c1-9(2)5-6-15-8-10-3-4-11(14)7-12(10)13/h3-4,7,9H,5-6,8H2,1-2H3. The lowest BCUT2D eigenvalue weighted by Crippen LogP contribution is -2.00. The third-order valence-electron chi connectivity index (χ3n) is 2.11. The van der Waals surface area contributed by atoms with E-state index in [1.54, 1.807) is 6.07 Å². The zero-order valence-corrected chi connectivity index (χ0v) is 10.7. The van der Waals surface area contributed by atoms with E-state index in [4.69, 9.17) is 4.74 Å². The second kappa shape index (κ2) is 6.23. The Morgan fingerprint density at radius 2 is 2.13 bits per heavy atom. The molecule has 1 aromatic carbocycles. The summed E-state index contributed by atoms with van der Waals surface area (Å²) in [6, 6.07) is 4.65. The van der Waals surface area contributed by atoms with Crippen LogP contribution in [-0.2, 0) is 11.3 Å². The maximum Gasteiger partial charge on any atom is 0.124 e. The molecule has 0 amide bonds. The lowest BCUT2D eigenvalue weighted by atomic mass is 10.1. The normalized spacial score (nSPS) is 11.0. The largest absolute Gasteiger partial charge is 0.377 e. The van der Waals surface area contributed by atoms with Crippen molar-refractivity contribution in [3.05, 3.63) is 34.1 Å². The summed E-state index contributed by atoms with van der Waals surface area (Å²) in [7, 11) is 0. The van der Waals surface area contributed by atoms with Crippen molar-refractivity contribution in [1.82, 2.24) is 0 Å². The molecule has 0 saturated heterocycles. The minimum atomic E-state index is -0.229. The van der Waals surface area contributed by atoms with E-state index in [2.05, 4.69) is 29.8 Å². The Morgan fingerprint density at radius 3 is 2.73 bits per heavy atom. The molecule has 1 nitrogen and oxygen atoms in total. The molecular weight excluding hydrogens is 259 g/mol. The molecule has 0 aliphatic heterocycles. The van der Waals surface area contributed by atoms with Gasteiger partial charge in [0.05, 0.1) is 6.61 Å². The van der Waals surface area contributed by atoms with Gasteiger partial charge in [0.25, 0.3) is 0 Å². The number of halogens is 2. The first-order chi connectivity index (χ1) is 7.09. The fourth-order valence-electron chi connectivity index (χ4n) is 1.14. The van der Waals surface area contributed by atoms with Gasteiger partial charge >= 0.3 is 0 Å². The third kappa shape index (κ3) is 4.76. The van der Waals surface area contributed by atoms with Crippen LogP contribution in [0.5, 0.6) is 0 Å². The van der Waals surface area contributed by atoms with E-state index in [0.717, 1.165) is 23.1 Å². The zero-order chi connectivity index (χ0) is 11.3. The monoisotopic (exact) mass is 274 g/mol. The van der Waals surface area contributed by atoms with Crippen molar-refractivity contribution < 1.29 is 9.13 Å². The number of ether oxygens (including phenoxy) is 1. The van der Waals surface area contributed by atoms with Gasteiger partial charge in [-0.25, -0.2) is 4.39 Å². The number of rotatable bonds is 5. The Labute approximate surface area is 98.8 Å². The smallest absolute Gasteiger partial charge is 0.124 e. The van der Waals surface area contributed by atoms with Gasteiger partial charge < -0.3 is 4.74 Å². The topological polar surface area (TPSA) is 9.23 Å². The molecule has 0 atom stereocenters. The second-order valence-electron chi connectivity index (χ2n) is 3.97. The van der Waals surface area contributed by atoms with Crippen LogP contribution >= 0.6 is 15.9 Å². The number of hydrogen-bond acceptors (Lipinski definition) is 1. The Bertz CT molecular complexity index is 312. The summed E-state index contributed by atoms with van der Waals surface area (Å²) < 4.78 is 19.0. The van der Waals surface area contributed by atoms with E-state index in [1.807, 2.05) is 0 Å². The van der Waals surface area contributed by atoms with Crippen LogP contribution in [0.25, 0.3) is 0 Å². The minimum absolute atomic E-state index is 0.229. The summed E-state index contributed by atoms with van der Waals surface area (Å²) in [5.41, 5.74) is 0.986. The van der Waals surface area contributed by atoms with Crippen molar-refractivity contribution in [2.24, 2.45) is 5.92 Å². The number of hydrogen-bond donors (Lipinski definition) is 0. The summed E-state index contributed by atoms with van der Waals surface area (Å²) in [4.78, 5) is 0. The van der Waals surface area contributed by atoms with Crippen LogP contribution in [0.15, 0.2) is 22.7 Å². The Balaban J connectivity index is 2.37. The average Bonchev–Trinajstić information content (AvgIpc) is 2.14. The van der Waals surface area contributed by atoms with Gasteiger partial charge in [-0.1, -0.05) is 35.8 Å². The van der Waals surface area contributed by atoms with Crippen LogP contribution in [0.1, 0.15) is 25.8 Å². The van der Waals surface area contributed by atoms with Crippen LogP contribution in [-0.4, -0.2) is 6.61 Å². The summed E-state index contributed by atoms with van der Waals surface area (Å²) >= 11 is 3.31. The summed E-state index contributed by atoms with van der Waals surface area (Å²) in [5, 5.41) is 0. The van der Waals surface area contributed by atoms with Gasteiger partial charge in [-0.15, -0.1) is 0 Å². The van der Waals surface area contributed by atoms with E-state index in [9.17, 15) is 4.39 Å². The van der Waals surface area contributed by atoms with Crippen molar-refractivity contribution in [2.45, 2.75) is 26.9 Å². The fourth-order valence-corrected chi connectivity index (χ4v) is 1.61. The van der Waals surface area contributed by atoms with Crippen molar-refractivity contribution in [3.63, 3.8) is 0 Å². The highest BCUT2D eigenvalue weighted by Crippen LogP contribution is 2.18. The molecule has 0 bridgehead atoms. The molecule has 3 heteroatoms. The Kier molecular flexibility index (Phi) is 5.26. The summed E-state index contributed by atoms with van der Waals surface area (Å²) in [6.45, 7) is 5.61. The maximum absolute atomic E-state index is 12.8. The molecule has 1 rings (SSSR count). The van der Waals surface area contributed by atoms with Gasteiger partial charge in [0.2, 0.25) is 0 Å². The highest BCUT2D eigenvalue weighted by molar-refractivity contribution is 9.10. The molecule has 0 saturated carbocycles. The molecule has 0 spiro atoms. The first-order valence-corrected chi connectivity index (χ1v) is 5.90. The van der Waals surface area contributed by atoms with Crippen molar-refractivity contribution >= 4 is 15.9 Å². The van der Waals surface area contributed by atoms with E-state index in [-0.39, 0.29) is 5.82 Å². The number of benzene rings is 1. The molecule has 0 unspecified atom stereocenters. The van der Waals surface area contributed by atoms with E-state index in [0.29, 0.717) is 12.5 Å². The lowest BCUT2D eigenvalue weighted by Gasteiger charge is -2.07. The fraction of sp³-hybridized carbons (Fsp3) is 0.500. The maximum atomic E-state index is 12.8. The van der Waals surface area contributed by atoms with Crippen molar-refractivity contribution in [1.29, 1.82) is 0 Å². The van der Waals surface area contributed by atoms with Crippen molar-refractivity contribution in [3.8, 4) is 0 Å². The molecule has 0 aromatic heterocycles. The van der Waals surface area contributed by atoms with Crippen LogP contribution in [0.4, 0.5) is 4.39 Å². The van der Waals surface area contributed by atoms with E-state index >= 15 is 0 Å². The van der Waals surface area contributed by atoms with Gasteiger partial charge in [0.1, 0.15) is 5.82 Å². The highest BCUT2D eigenvalue weighted by atomic mass is 79.9. The molecule has 15 heavy (non-hydrogen) atoms. The molecule has 1 aromatic rings. The average molecular weight is 275 g/mol. The van der Waals surface area contributed by atoms with Gasteiger partial charge in [-0.05, 0) is 30.0 Å². The summed E-state index contributed by atoms with van der Waals surface area (Å²) in [6.07, 6.45) is 1.05. The van der Waals surface area contributed by atoms with Crippen LogP contribution in [0.3, 0.4) is 0 Å². The molecule has 0 N–H and O–H groups in total. The molecule has 84 valence electrons. The highest BCUT2D eigenvalue weighted by Gasteiger charge is 2.01. The predicted molar refractivity (Wildman–Crippen MR) is 63.2 cm³/mol. The van der Waals surface area contributed by atoms with Crippen LogP contribution < -0.4 is 0 Å². The lowest BCUT2D eigenvalue weighted by molar-refractivity contribution is 0.110. The van der Waals surface area contributed by atoms with E-state index in [1.165, 1.54) is 12.1 Å². The first kappa shape index (κ1) is 12.7. The van der Waals surface area contributed by atoms with Gasteiger partial charge in [0, 0.05) is 11.1 Å². The Hall–Kier alpha value is -0.410. The molecule has 0 aliphatic carbocycles. The molecule has 0 fully saturated rings. The SMILES string of the molecule is CC(C)CCOCc1ccc(F)cc1Br. The van der Waals surface area contributed by atoms with E-state index < -0.39 is 0 Å². The minimum Gasteiger partial charge on any atom is -0.377 e. The molecule has 0 aliphatic rings. The zero-order valence-electron chi connectivity index (χ0n) is 9.09.